The molecule has 6 nitrogen and oxygen atoms in total. The predicted octanol–water partition coefficient (Wildman–Crippen LogP) is 3.34. The molecule has 0 spiro atoms. The van der Waals surface area contributed by atoms with Crippen LogP contribution in [0.4, 0.5) is 0 Å². The molecule has 0 aromatic carbocycles. The second-order valence-corrected chi connectivity index (χ2v) is 4.63. The van der Waals surface area contributed by atoms with Crippen LogP contribution in [-0.4, -0.2) is 19.0 Å². The molecule has 1 atom stereocenters. The Morgan fingerprint density at radius 2 is 1.75 bits per heavy atom. The molecule has 0 aliphatic heterocycles. The van der Waals surface area contributed by atoms with E-state index in [9.17, 15) is 9.59 Å². The predicted molar refractivity (Wildman–Crippen MR) is 70.3 cm³/mol. The molecule has 0 saturated heterocycles. The van der Waals surface area contributed by atoms with Crippen molar-refractivity contribution in [2.45, 2.75) is 13.0 Å². The fraction of sp³-hybridized carbons (Fsp3) is 0.231. The number of halogens is 1. The van der Waals surface area contributed by atoms with Gasteiger partial charge in [0.2, 0.25) is 11.5 Å². The van der Waals surface area contributed by atoms with Crippen LogP contribution in [0.1, 0.15) is 39.9 Å². The minimum Gasteiger partial charge on any atom is -0.463 e. The molecule has 0 amide bonds. The maximum Gasteiger partial charge on any atom is 0.374 e. The summed E-state index contributed by atoms with van der Waals surface area (Å²) >= 11 is 3.09. The summed E-state index contributed by atoms with van der Waals surface area (Å²) in [6, 6.07) is 6.07. The topological polar surface area (TPSA) is 78.9 Å². The van der Waals surface area contributed by atoms with Crippen molar-refractivity contribution >= 4 is 27.9 Å². The van der Waals surface area contributed by atoms with Crippen molar-refractivity contribution in [2.24, 2.45) is 0 Å². The van der Waals surface area contributed by atoms with Gasteiger partial charge in [-0.15, -0.1) is 0 Å². The number of hydrogen-bond acceptors (Lipinski definition) is 6. The van der Waals surface area contributed by atoms with Crippen molar-refractivity contribution < 1.29 is 27.9 Å². The maximum absolute atomic E-state index is 11.8. The zero-order valence-electron chi connectivity index (χ0n) is 10.7. The zero-order valence-corrected chi connectivity index (χ0v) is 12.3. The first-order valence-corrected chi connectivity index (χ1v) is 6.45. The summed E-state index contributed by atoms with van der Waals surface area (Å²) in [6.07, 6.45) is -0.662. The van der Waals surface area contributed by atoms with Gasteiger partial charge in [0.25, 0.3) is 0 Å². The number of furan rings is 2. The van der Waals surface area contributed by atoms with Gasteiger partial charge >= 0.3 is 11.9 Å². The molecule has 7 heteroatoms. The summed E-state index contributed by atoms with van der Waals surface area (Å²) in [6.45, 7) is 1.62. The molecule has 20 heavy (non-hydrogen) atoms. The fourth-order valence-corrected chi connectivity index (χ4v) is 1.79. The SMILES string of the molecule is COC(=O)c1ccc([C@H](C)OC(=O)c2ccc(Br)o2)o1. The van der Waals surface area contributed by atoms with Gasteiger partial charge in [0.15, 0.2) is 10.8 Å². The van der Waals surface area contributed by atoms with E-state index in [1.807, 2.05) is 0 Å². The smallest absolute Gasteiger partial charge is 0.374 e. The lowest BCUT2D eigenvalue weighted by atomic mass is 10.3. The van der Waals surface area contributed by atoms with E-state index in [1.165, 1.54) is 19.2 Å². The average molecular weight is 343 g/mol. The van der Waals surface area contributed by atoms with Gasteiger partial charge in [0.05, 0.1) is 7.11 Å². The molecule has 2 heterocycles. The summed E-state index contributed by atoms with van der Waals surface area (Å²) in [7, 11) is 1.25. The van der Waals surface area contributed by atoms with Gasteiger partial charge in [-0.3, -0.25) is 0 Å². The van der Waals surface area contributed by atoms with Crippen molar-refractivity contribution in [3.05, 3.63) is 46.2 Å². The van der Waals surface area contributed by atoms with Crippen molar-refractivity contribution in [2.75, 3.05) is 7.11 Å². The Morgan fingerprint density at radius 1 is 1.10 bits per heavy atom. The number of carbonyl (C=O) groups excluding carboxylic acids is 2. The molecule has 0 aliphatic rings. The van der Waals surface area contributed by atoms with E-state index in [1.54, 1.807) is 19.1 Å². The van der Waals surface area contributed by atoms with Gasteiger partial charge in [-0.05, 0) is 47.1 Å². The van der Waals surface area contributed by atoms with Crippen molar-refractivity contribution in [1.29, 1.82) is 0 Å². The Balaban J connectivity index is 2.04. The van der Waals surface area contributed by atoms with E-state index in [2.05, 4.69) is 20.7 Å². The standard InChI is InChI=1S/C13H11BrO6/c1-7(8-3-4-9(19-8)12(15)17-2)18-13(16)10-5-6-11(14)20-10/h3-7H,1-2H3/t7-/m0/s1. The Bertz CT molecular complexity index is 626. The molecule has 0 unspecified atom stereocenters. The van der Waals surface area contributed by atoms with Crippen LogP contribution >= 0.6 is 15.9 Å². The Labute approximate surface area is 122 Å². The minimum atomic E-state index is -0.662. The fourth-order valence-electron chi connectivity index (χ4n) is 1.48. The molecule has 0 N–H and O–H groups in total. The molecule has 2 aromatic rings. The highest BCUT2D eigenvalue weighted by Gasteiger charge is 2.20. The highest BCUT2D eigenvalue weighted by molar-refractivity contribution is 9.10. The van der Waals surface area contributed by atoms with Crippen LogP contribution in [0, 0.1) is 0 Å². The van der Waals surface area contributed by atoms with Crippen LogP contribution in [0.5, 0.6) is 0 Å². The number of esters is 2. The molecular formula is C13H11BrO6. The lowest BCUT2D eigenvalue weighted by Gasteiger charge is -2.09. The monoisotopic (exact) mass is 342 g/mol. The van der Waals surface area contributed by atoms with Gasteiger partial charge in [-0.25, -0.2) is 9.59 Å². The van der Waals surface area contributed by atoms with Crippen molar-refractivity contribution in [3.8, 4) is 0 Å². The van der Waals surface area contributed by atoms with E-state index in [-0.39, 0.29) is 11.5 Å². The third kappa shape index (κ3) is 3.11. The first kappa shape index (κ1) is 14.4. The van der Waals surface area contributed by atoms with Gasteiger partial charge in [-0.2, -0.15) is 0 Å². The first-order chi connectivity index (χ1) is 9.51. The van der Waals surface area contributed by atoms with Gasteiger partial charge in [-0.1, -0.05) is 0 Å². The average Bonchev–Trinajstić information content (AvgIpc) is 3.06. The molecule has 106 valence electrons. The number of rotatable bonds is 4. The molecule has 0 saturated carbocycles. The van der Waals surface area contributed by atoms with Gasteiger partial charge in [0, 0.05) is 0 Å². The summed E-state index contributed by atoms with van der Waals surface area (Å²) in [5.74, 6) is -0.761. The molecule has 0 aliphatic carbocycles. The van der Waals surface area contributed by atoms with Crippen LogP contribution in [-0.2, 0) is 9.47 Å². The van der Waals surface area contributed by atoms with Crippen LogP contribution in [0.15, 0.2) is 37.8 Å². The minimum absolute atomic E-state index is 0.0474. The molecular weight excluding hydrogens is 332 g/mol. The molecule has 0 radical (unpaired) electrons. The Hall–Kier alpha value is -2.02. The summed E-state index contributed by atoms with van der Waals surface area (Å²) in [4.78, 5) is 23.0. The molecule has 0 bridgehead atoms. The van der Waals surface area contributed by atoms with Crippen LogP contribution in [0.3, 0.4) is 0 Å². The molecule has 2 aromatic heterocycles. The largest absolute Gasteiger partial charge is 0.463 e. The maximum atomic E-state index is 11.8. The molecule has 0 fully saturated rings. The Morgan fingerprint density at radius 3 is 2.35 bits per heavy atom. The summed E-state index contributed by atoms with van der Waals surface area (Å²) in [5.41, 5.74) is 0. The lowest BCUT2D eigenvalue weighted by Crippen LogP contribution is -2.08. The third-order valence-electron chi connectivity index (χ3n) is 2.47. The first-order valence-electron chi connectivity index (χ1n) is 5.65. The second-order valence-electron chi connectivity index (χ2n) is 3.84. The zero-order chi connectivity index (χ0) is 14.7. The summed E-state index contributed by atoms with van der Waals surface area (Å²) in [5, 5.41) is 0. The van der Waals surface area contributed by atoms with Gasteiger partial charge < -0.3 is 18.3 Å². The van der Waals surface area contributed by atoms with E-state index in [0.717, 1.165) is 0 Å². The van der Waals surface area contributed by atoms with E-state index in [4.69, 9.17) is 13.6 Å². The second kappa shape index (κ2) is 5.96. The third-order valence-corrected chi connectivity index (χ3v) is 2.90. The normalized spacial score (nSPS) is 11.9. The molecule has 2 rings (SSSR count). The van der Waals surface area contributed by atoms with Gasteiger partial charge in [0.1, 0.15) is 5.76 Å². The van der Waals surface area contributed by atoms with Crippen LogP contribution in [0.25, 0.3) is 0 Å². The number of hydrogen-bond donors (Lipinski definition) is 0. The number of ether oxygens (including phenoxy) is 2. The summed E-state index contributed by atoms with van der Waals surface area (Å²) < 4.78 is 20.4. The van der Waals surface area contributed by atoms with E-state index >= 15 is 0 Å². The number of carbonyl (C=O) groups is 2. The van der Waals surface area contributed by atoms with Crippen LogP contribution < -0.4 is 0 Å². The van der Waals surface area contributed by atoms with Crippen LogP contribution in [0.2, 0.25) is 0 Å². The highest BCUT2D eigenvalue weighted by Crippen LogP contribution is 2.23. The quantitative estimate of drug-likeness (QED) is 0.793. The lowest BCUT2D eigenvalue weighted by molar-refractivity contribution is 0.0249. The Kier molecular flexibility index (Phi) is 4.29. The van der Waals surface area contributed by atoms with Crippen molar-refractivity contribution in [1.82, 2.24) is 0 Å². The van der Waals surface area contributed by atoms with Crippen molar-refractivity contribution in [3.63, 3.8) is 0 Å². The van der Waals surface area contributed by atoms with E-state index < -0.39 is 18.0 Å². The number of methoxy groups -OCH3 is 1. The highest BCUT2D eigenvalue weighted by atomic mass is 79.9. The van der Waals surface area contributed by atoms with E-state index in [0.29, 0.717) is 10.4 Å².